The van der Waals surface area contributed by atoms with Gasteiger partial charge in [-0.2, -0.15) is 0 Å². The molecular weight excluding hydrogens is 293 g/mol. The standard InChI is InChI=1S/C13H16Cl3NO/c1-3-13(4-2,8-14)17-12(18)9-6-5-7-10(15)11(9)16/h5-7H,3-4,8H2,1-2H3,(H,17,18). The normalized spacial score (nSPS) is 11.4. The first-order chi connectivity index (χ1) is 8.49. The van der Waals surface area contributed by atoms with Gasteiger partial charge in [-0.15, -0.1) is 11.6 Å². The van der Waals surface area contributed by atoms with E-state index in [0.717, 1.165) is 12.8 Å². The van der Waals surface area contributed by atoms with Crippen LogP contribution >= 0.6 is 34.8 Å². The van der Waals surface area contributed by atoms with Gasteiger partial charge in [0.1, 0.15) is 0 Å². The van der Waals surface area contributed by atoms with Crippen LogP contribution in [0.1, 0.15) is 37.0 Å². The molecule has 0 aliphatic rings. The predicted octanol–water partition coefficient (Wildman–Crippen LogP) is 4.52. The summed E-state index contributed by atoms with van der Waals surface area (Å²) in [7, 11) is 0. The third-order valence-corrected chi connectivity index (χ3v) is 4.51. The Balaban J connectivity index is 2.98. The second-order valence-corrected chi connectivity index (χ2v) is 5.23. The monoisotopic (exact) mass is 307 g/mol. The van der Waals surface area contributed by atoms with E-state index >= 15 is 0 Å². The zero-order valence-electron chi connectivity index (χ0n) is 10.4. The van der Waals surface area contributed by atoms with Crippen molar-refractivity contribution in [2.45, 2.75) is 32.2 Å². The molecular formula is C13H16Cl3NO. The molecule has 18 heavy (non-hydrogen) atoms. The topological polar surface area (TPSA) is 29.1 Å². The zero-order valence-corrected chi connectivity index (χ0v) is 12.7. The average molecular weight is 309 g/mol. The second-order valence-electron chi connectivity index (χ2n) is 4.18. The van der Waals surface area contributed by atoms with Crippen molar-refractivity contribution in [3.63, 3.8) is 0 Å². The minimum atomic E-state index is -0.399. The van der Waals surface area contributed by atoms with Crippen LogP contribution in [0.2, 0.25) is 10.0 Å². The van der Waals surface area contributed by atoms with Gasteiger partial charge in [-0.05, 0) is 25.0 Å². The van der Waals surface area contributed by atoms with Crippen molar-refractivity contribution >= 4 is 40.7 Å². The molecule has 1 aromatic carbocycles. The number of hydrogen-bond acceptors (Lipinski definition) is 1. The molecule has 1 N–H and O–H groups in total. The molecule has 5 heteroatoms. The minimum absolute atomic E-state index is 0.244. The highest BCUT2D eigenvalue weighted by Gasteiger charge is 2.28. The molecule has 0 saturated carbocycles. The molecule has 0 spiro atoms. The Labute approximate surface area is 123 Å². The number of carbonyl (C=O) groups is 1. The van der Waals surface area contributed by atoms with Crippen LogP contribution < -0.4 is 5.32 Å². The summed E-state index contributed by atoms with van der Waals surface area (Å²) in [6.07, 6.45) is 1.52. The van der Waals surface area contributed by atoms with Crippen LogP contribution in [0.15, 0.2) is 18.2 Å². The Morgan fingerprint density at radius 1 is 1.28 bits per heavy atom. The number of benzene rings is 1. The predicted molar refractivity (Wildman–Crippen MR) is 78.0 cm³/mol. The highest BCUT2D eigenvalue weighted by molar-refractivity contribution is 6.43. The molecule has 0 aliphatic carbocycles. The first kappa shape index (κ1) is 15.6. The molecule has 0 radical (unpaired) electrons. The Bertz CT molecular complexity index is 422. The molecule has 1 aromatic rings. The average Bonchev–Trinajstić information content (AvgIpc) is 2.39. The van der Waals surface area contributed by atoms with E-state index < -0.39 is 5.54 Å². The summed E-state index contributed by atoms with van der Waals surface area (Å²) in [5.41, 5.74) is -0.0230. The molecule has 0 aliphatic heterocycles. The zero-order chi connectivity index (χ0) is 13.8. The number of rotatable bonds is 5. The lowest BCUT2D eigenvalue weighted by Gasteiger charge is -2.30. The van der Waals surface area contributed by atoms with Gasteiger partial charge in [-0.1, -0.05) is 43.1 Å². The van der Waals surface area contributed by atoms with Crippen LogP contribution in [0, 0.1) is 0 Å². The van der Waals surface area contributed by atoms with E-state index in [1.165, 1.54) is 0 Å². The third kappa shape index (κ3) is 3.31. The first-order valence-corrected chi connectivity index (χ1v) is 7.11. The van der Waals surface area contributed by atoms with Gasteiger partial charge in [-0.3, -0.25) is 4.79 Å². The largest absolute Gasteiger partial charge is 0.345 e. The van der Waals surface area contributed by atoms with Crippen LogP contribution in [-0.4, -0.2) is 17.3 Å². The summed E-state index contributed by atoms with van der Waals surface area (Å²) in [5.74, 6) is 0.121. The molecule has 0 saturated heterocycles. The maximum atomic E-state index is 12.2. The van der Waals surface area contributed by atoms with Crippen molar-refractivity contribution in [3.8, 4) is 0 Å². The van der Waals surface area contributed by atoms with Gasteiger partial charge in [-0.25, -0.2) is 0 Å². The molecule has 0 fully saturated rings. The van der Waals surface area contributed by atoms with E-state index in [1.54, 1.807) is 18.2 Å². The van der Waals surface area contributed by atoms with E-state index in [0.29, 0.717) is 16.5 Å². The van der Waals surface area contributed by atoms with Gasteiger partial charge in [0.15, 0.2) is 0 Å². The number of amides is 1. The molecule has 0 unspecified atom stereocenters. The van der Waals surface area contributed by atoms with Crippen molar-refractivity contribution in [2.24, 2.45) is 0 Å². The lowest BCUT2D eigenvalue weighted by molar-refractivity contribution is 0.0902. The summed E-state index contributed by atoms with van der Waals surface area (Å²) < 4.78 is 0. The van der Waals surface area contributed by atoms with Crippen molar-refractivity contribution < 1.29 is 4.79 Å². The van der Waals surface area contributed by atoms with E-state index in [9.17, 15) is 4.79 Å². The van der Waals surface area contributed by atoms with Gasteiger partial charge in [0.05, 0.1) is 21.1 Å². The number of alkyl halides is 1. The summed E-state index contributed by atoms with van der Waals surface area (Å²) in [6.45, 7) is 3.98. The van der Waals surface area contributed by atoms with E-state index in [-0.39, 0.29) is 10.9 Å². The number of halogens is 3. The van der Waals surface area contributed by atoms with E-state index in [4.69, 9.17) is 34.8 Å². The number of carbonyl (C=O) groups excluding carboxylic acids is 1. The van der Waals surface area contributed by atoms with Crippen molar-refractivity contribution in [1.29, 1.82) is 0 Å². The second kappa shape index (κ2) is 6.65. The van der Waals surface area contributed by atoms with Crippen LogP contribution in [0.5, 0.6) is 0 Å². The molecule has 0 atom stereocenters. The Kier molecular flexibility index (Phi) is 5.77. The van der Waals surface area contributed by atoms with Crippen LogP contribution in [0.25, 0.3) is 0 Å². The van der Waals surface area contributed by atoms with Crippen molar-refractivity contribution in [3.05, 3.63) is 33.8 Å². The Morgan fingerprint density at radius 2 is 1.89 bits per heavy atom. The van der Waals surface area contributed by atoms with Crippen LogP contribution in [-0.2, 0) is 0 Å². The van der Waals surface area contributed by atoms with E-state index in [2.05, 4.69) is 5.32 Å². The van der Waals surface area contributed by atoms with Gasteiger partial charge in [0.25, 0.3) is 5.91 Å². The van der Waals surface area contributed by atoms with Gasteiger partial charge in [0.2, 0.25) is 0 Å². The fourth-order valence-corrected chi connectivity index (χ4v) is 2.47. The lowest BCUT2D eigenvalue weighted by Crippen LogP contribution is -2.49. The fraction of sp³-hybridized carbons (Fsp3) is 0.462. The molecule has 1 rings (SSSR count). The molecule has 0 aromatic heterocycles. The summed E-state index contributed by atoms with van der Waals surface area (Å²) >= 11 is 17.9. The molecule has 0 heterocycles. The van der Waals surface area contributed by atoms with Crippen molar-refractivity contribution in [1.82, 2.24) is 5.32 Å². The third-order valence-electron chi connectivity index (χ3n) is 3.18. The summed E-state index contributed by atoms with van der Waals surface area (Å²) in [4.78, 5) is 12.2. The minimum Gasteiger partial charge on any atom is -0.345 e. The highest BCUT2D eigenvalue weighted by Crippen LogP contribution is 2.26. The Hall–Kier alpha value is -0.440. The molecule has 2 nitrogen and oxygen atoms in total. The fourth-order valence-electron chi connectivity index (χ4n) is 1.64. The molecule has 100 valence electrons. The number of hydrogen-bond donors (Lipinski definition) is 1. The van der Waals surface area contributed by atoms with Crippen LogP contribution in [0.4, 0.5) is 0 Å². The molecule has 1 amide bonds. The first-order valence-electron chi connectivity index (χ1n) is 5.82. The summed E-state index contributed by atoms with van der Waals surface area (Å²) in [6, 6.07) is 4.99. The van der Waals surface area contributed by atoms with Gasteiger partial charge in [0, 0.05) is 5.88 Å². The van der Waals surface area contributed by atoms with Gasteiger partial charge >= 0.3 is 0 Å². The highest BCUT2D eigenvalue weighted by atomic mass is 35.5. The molecule has 0 bridgehead atoms. The lowest BCUT2D eigenvalue weighted by atomic mass is 9.94. The van der Waals surface area contributed by atoms with Crippen LogP contribution in [0.3, 0.4) is 0 Å². The van der Waals surface area contributed by atoms with E-state index in [1.807, 2.05) is 13.8 Å². The smallest absolute Gasteiger partial charge is 0.253 e. The Morgan fingerprint density at radius 3 is 2.39 bits per heavy atom. The van der Waals surface area contributed by atoms with Gasteiger partial charge < -0.3 is 5.32 Å². The van der Waals surface area contributed by atoms with Crippen molar-refractivity contribution in [2.75, 3.05) is 5.88 Å². The maximum Gasteiger partial charge on any atom is 0.253 e. The summed E-state index contributed by atoms with van der Waals surface area (Å²) in [5, 5.41) is 3.59. The SMILES string of the molecule is CCC(CC)(CCl)NC(=O)c1cccc(Cl)c1Cl. The quantitative estimate of drug-likeness (QED) is 0.796. The maximum absolute atomic E-state index is 12.2. The number of nitrogens with one attached hydrogen (secondary N) is 1.